The van der Waals surface area contributed by atoms with Gasteiger partial charge in [0, 0.05) is 0 Å². The van der Waals surface area contributed by atoms with Gasteiger partial charge >= 0.3 is 262 Å². The van der Waals surface area contributed by atoms with Crippen LogP contribution in [-0.2, 0) is 21.7 Å². The van der Waals surface area contributed by atoms with Gasteiger partial charge in [-0.2, -0.15) is 0 Å². The summed E-state index contributed by atoms with van der Waals surface area (Å²) in [6.07, 6.45) is 0. The molecule has 0 nitrogen and oxygen atoms in total. The van der Waals surface area contributed by atoms with Crippen LogP contribution in [0.2, 0.25) is 0 Å². The quantitative estimate of drug-likeness (QED) is 0.205. The summed E-state index contributed by atoms with van der Waals surface area (Å²) in [6, 6.07) is 36.7. The van der Waals surface area contributed by atoms with E-state index in [1.54, 1.807) is 0 Å². The third-order valence-electron chi connectivity index (χ3n) is 8.79. The number of hydrogen-bond donors (Lipinski definition) is 0. The Hall–Kier alpha value is -2.40. The van der Waals surface area contributed by atoms with Crippen molar-refractivity contribution in [1.82, 2.24) is 0 Å². The molecule has 42 heavy (non-hydrogen) atoms. The van der Waals surface area contributed by atoms with Gasteiger partial charge in [0.05, 0.1) is 0 Å². The SMILES string of the molecule is CC(C)(C)c1cccc(P(Cl)(c2cccc(C(C)(C)C)c2)(c2cccc(C(C)(C)C)c2)c2cccc(C(C)(C)C)c2)c1. The van der Waals surface area contributed by atoms with Crippen LogP contribution >= 0.6 is 17.2 Å². The van der Waals surface area contributed by atoms with Gasteiger partial charge in [-0.25, -0.2) is 0 Å². The second-order valence-corrected chi connectivity index (χ2v) is 22.3. The summed E-state index contributed by atoms with van der Waals surface area (Å²) in [5.74, 6) is -3.81. The molecule has 0 aliphatic rings. The Morgan fingerprint density at radius 2 is 0.548 bits per heavy atom. The van der Waals surface area contributed by atoms with Crippen molar-refractivity contribution in [2.24, 2.45) is 0 Å². The van der Waals surface area contributed by atoms with Crippen molar-refractivity contribution >= 4 is 38.4 Å². The van der Waals surface area contributed by atoms with Gasteiger partial charge in [-0.05, 0) is 0 Å². The molecule has 0 bridgehead atoms. The van der Waals surface area contributed by atoms with Crippen LogP contribution in [0.3, 0.4) is 0 Å². The van der Waals surface area contributed by atoms with Crippen LogP contribution < -0.4 is 21.2 Å². The number of halogens is 1. The zero-order chi connectivity index (χ0) is 31.4. The molecule has 0 atom stereocenters. The molecule has 2 heteroatoms. The van der Waals surface area contributed by atoms with Crippen molar-refractivity contribution in [1.29, 1.82) is 0 Å². The van der Waals surface area contributed by atoms with Gasteiger partial charge in [0.1, 0.15) is 0 Å². The topological polar surface area (TPSA) is 0 Å². The minimum absolute atomic E-state index is 0.0180. The Morgan fingerprint density at radius 3 is 0.714 bits per heavy atom. The van der Waals surface area contributed by atoms with Crippen molar-refractivity contribution in [2.45, 2.75) is 105 Å². The summed E-state index contributed by atoms with van der Waals surface area (Å²) in [5, 5.41) is 4.77. The minimum atomic E-state index is -3.81. The second-order valence-electron chi connectivity index (χ2n) is 16.2. The molecule has 224 valence electrons. The standard InChI is InChI=1S/C40H52ClP/c1-37(2,3)29-17-13-21-33(25-29)42(41,34-22-14-18-30(26-34)38(4,5)6,35-23-15-19-31(27-35)39(7,8)9)36-24-16-20-32(28-36)40(10,11)12/h13-28H,1-12H3. The third kappa shape index (κ3) is 5.75. The van der Waals surface area contributed by atoms with E-state index in [9.17, 15) is 0 Å². The summed E-state index contributed by atoms with van der Waals surface area (Å²) >= 11 is 8.92. The van der Waals surface area contributed by atoms with Gasteiger partial charge < -0.3 is 0 Å². The predicted molar refractivity (Wildman–Crippen MR) is 192 cm³/mol. The van der Waals surface area contributed by atoms with Crippen molar-refractivity contribution in [3.05, 3.63) is 119 Å². The molecule has 0 amide bonds. The van der Waals surface area contributed by atoms with E-state index in [0.717, 1.165) is 0 Å². The average molecular weight is 599 g/mol. The first-order valence-electron chi connectivity index (χ1n) is 15.3. The molecular weight excluding hydrogens is 547 g/mol. The molecule has 0 saturated heterocycles. The van der Waals surface area contributed by atoms with Gasteiger partial charge in [0.2, 0.25) is 0 Å². The van der Waals surface area contributed by atoms with Crippen LogP contribution in [0.5, 0.6) is 0 Å². The molecule has 4 aromatic carbocycles. The number of benzene rings is 4. The first kappa shape index (κ1) is 32.5. The van der Waals surface area contributed by atoms with Crippen molar-refractivity contribution in [3.63, 3.8) is 0 Å². The molecular formula is C40H52ClP. The first-order valence-corrected chi connectivity index (χ1v) is 18.5. The maximum absolute atomic E-state index is 8.92. The van der Waals surface area contributed by atoms with Gasteiger partial charge in [-0.15, -0.1) is 0 Å². The molecule has 0 fully saturated rings. The second kappa shape index (κ2) is 10.6. The van der Waals surface area contributed by atoms with Crippen molar-refractivity contribution in [3.8, 4) is 0 Å². The fourth-order valence-corrected chi connectivity index (χ4v) is 11.9. The molecule has 0 aliphatic heterocycles. The van der Waals surface area contributed by atoms with Gasteiger partial charge in [0.25, 0.3) is 0 Å². The Labute approximate surface area is 261 Å². The number of hydrogen-bond acceptors (Lipinski definition) is 0. The first-order chi connectivity index (χ1) is 19.2. The van der Waals surface area contributed by atoms with Crippen LogP contribution in [0.1, 0.15) is 105 Å². The molecule has 4 rings (SSSR count). The Kier molecular flexibility index (Phi) is 8.24. The van der Waals surface area contributed by atoms with Crippen LogP contribution in [0.4, 0.5) is 0 Å². The van der Waals surface area contributed by atoms with Crippen LogP contribution in [0.25, 0.3) is 0 Å². The molecule has 0 radical (unpaired) electrons. The summed E-state index contributed by atoms with van der Waals surface area (Å²) in [7, 11) is 0. The molecule has 0 heterocycles. The van der Waals surface area contributed by atoms with E-state index in [-0.39, 0.29) is 21.7 Å². The normalized spacial score (nSPS) is 14.4. The fraction of sp³-hybridized carbons (Fsp3) is 0.400. The molecule has 4 aromatic rings. The maximum atomic E-state index is 8.92. The van der Waals surface area contributed by atoms with Gasteiger partial charge in [-0.3, -0.25) is 0 Å². The fourth-order valence-electron chi connectivity index (χ4n) is 5.83. The van der Waals surface area contributed by atoms with E-state index >= 15 is 0 Å². The Morgan fingerprint density at radius 1 is 0.357 bits per heavy atom. The van der Waals surface area contributed by atoms with E-state index in [4.69, 9.17) is 11.2 Å². The van der Waals surface area contributed by atoms with Crippen LogP contribution in [-0.4, -0.2) is 0 Å². The van der Waals surface area contributed by atoms with Crippen LogP contribution in [0, 0.1) is 0 Å². The Balaban J connectivity index is 2.33. The monoisotopic (exact) mass is 598 g/mol. The van der Waals surface area contributed by atoms with Crippen LogP contribution in [0.15, 0.2) is 97.1 Å². The molecule has 0 aliphatic carbocycles. The van der Waals surface area contributed by atoms with E-state index in [2.05, 4.69) is 180 Å². The summed E-state index contributed by atoms with van der Waals surface area (Å²) in [4.78, 5) is 0. The average Bonchev–Trinajstić information content (AvgIpc) is 2.91. The van der Waals surface area contributed by atoms with E-state index in [0.29, 0.717) is 0 Å². The van der Waals surface area contributed by atoms with E-state index < -0.39 is 5.96 Å². The van der Waals surface area contributed by atoms with Crippen molar-refractivity contribution < 1.29 is 0 Å². The van der Waals surface area contributed by atoms with Gasteiger partial charge in [-0.1, -0.05) is 0 Å². The summed E-state index contributed by atoms with van der Waals surface area (Å²) in [5.41, 5.74) is 5.10. The molecule has 0 aromatic heterocycles. The summed E-state index contributed by atoms with van der Waals surface area (Å²) < 4.78 is 0. The Bertz CT molecular complexity index is 1340. The number of rotatable bonds is 4. The molecule has 0 unspecified atom stereocenters. The zero-order valence-electron chi connectivity index (χ0n) is 28.1. The van der Waals surface area contributed by atoms with E-state index in [1.807, 2.05) is 0 Å². The molecule has 0 N–H and O–H groups in total. The van der Waals surface area contributed by atoms with Gasteiger partial charge in [0.15, 0.2) is 0 Å². The third-order valence-corrected chi connectivity index (χ3v) is 16.1. The molecule has 0 saturated carbocycles. The molecule has 0 spiro atoms. The predicted octanol–water partition coefficient (Wildman–Crippen LogP) is 10.2. The zero-order valence-corrected chi connectivity index (χ0v) is 29.7. The summed E-state index contributed by atoms with van der Waals surface area (Å²) in [6.45, 7) is 27.5. The van der Waals surface area contributed by atoms with E-state index in [1.165, 1.54) is 43.5 Å². The van der Waals surface area contributed by atoms with Crippen molar-refractivity contribution in [2.75, 3.05) is 0 Å².